The fourth-order valence-electron chi connectivity index (χ4n) is 3.22. The van der Waals surface area contributed by atoms with Crippen LogP contribution in [0, 0.1) is 0 Å². The van der Waals surface area contributed by atoms with Crippen LogP contribution in [0.3, 0.4) is 0 Å². The first-order chi connectivity index (χ1) is 11.0. The van der Waals surface area contributed by atoms with Crippen LogP contribution in [0.5, 0.6) is 0 Å². The lowest BCUT2D eigenvalue weighted by Crippen LogP contribution is -2.48. The fraction of sp³-hybridized carbons (Fsp3) is 0.444. The summed E-state index contributed by atoms with van der Waals surface area (Å²) in [5.41, 5.74) is -0.853. The molecule has 0 spiro atoms. The van der Waals surface area contributed by atoms with Crippen molar-refractivity contribution in [2.24, 2.45) is 0 Å². The molecular weight excluding hydrogens is 308 g/mol. The molecule has 1 aliphatic rings. The number of fused-ring (bicyclic) bond motifs is 1. The minimum atomic E-state index is -0.853. The van der Waals surface area contributed by atoms with Crippen LogP contribution in [-0.4, -0.2) is 44.8 Å². The van der Waals surface area contributed by atoms with Gasteiger partial charge in [0.25, 0.3) is 0 Å². The van der Waals surface area contributed by atoms with Crippen molar-refractivity contribution >= 4 is 28.4 Å². The Hall–Kier alpha value is -1.59. The number of carbonyl (C=O) groups is 1. The van der Waals surface area contributed by atoms with Crippen molar-refractivity contribution in [2.45, 2.75) is 43.4 Å². The molecule has 0 saturated carbocycles. The van der Waals surface area contributed by atoms with Crippen LogP contribution in [0.4, 0.5) is 0 Å². The molecule has 122 valence electrons. The molecule has 1 N–H and O–H groups in total. The lowest BCUT2D eigenvalue weighted by atomic mass is 9.97. The molecule has 4 nitrogen and oxygen atoms in total. The number of likely N-dealkylation sites (tertiary alicyclic amines) is 1. The van der Waals surface area contributed by atoms with Gasteiger partial charge in [-0.3, -0.25) is 4.79 Å². The smallest absolute Gasteiger partial charge is 0.233 e. The van der Waals surface area contributed by atoms with Crippen molar-refractivity contribution in [1.82, 2.24) is 9.88 Å². The van der Waals surface area contributed by atoms with E-state index in [1.54, 1.807) is 20.0 Å². The van der Waals surface area contributed by atoms with E-state index >= 15 is 0 Å². The van der Waals surface area contributed by atoms with E-state index in [9.17, 15) is 9.90 Å². The number of amides is 1. The summed E-state index contributed by atoms with van der Waals surface area (Å²) in [6, 6.07) is 9.96. The van der Waals surface area contributed by atoms with Crippen molar-refractivity contribution in [2.75, 3.05) is 12.3 Å². The minimum Gasteiger partial charge on any atom is -0.388 e. The molecular formula is C18H22N2O2S. The Balaban J connectivity index is 1.71. The number of carbonyl (C=O) groups excluding carboxylic acids is 1. The summed E-state index contributed by atoms with van der Waals surface area (Å²) in [6.45, 7) is 4.29. The van der Waals surface area contributed by atoms with Crippen molar-refractivity contribution in [3.05, 3.63) is 36.5 Å². The Bertz CT molecular complexity index is 706. The number of thioether (sulfide) groups is 1. The first kappa shape index (κ1) is 16.3. The molecule has 1 saturated heterocycles. The Morgan fingerprint density at radius 2 is 2.17 bits per heavy atom. The topological polar surface area (TPSA) is 53.4 Å². The van der Waals surface area contributed by atoms with Crippen LogP contribution < -0.4 is 0 Å². The number of hydrogen-bond donors (Lipinski definition) is 1. The monoisotopic (exact) mass is 330 g/mol. The second kappa shape index (κ2) is 6.49. The van der Waals surface area contributed by atoms with Crippen LogP contribution in [0.25, 0.3) is 10.8 Å². The van der Waals surface area contributed by atoms with Gasteiger partial charge in [0.15, 0.2) is 0 Å². The summed E-state index contributed by atoms with van der Waals surface area (Å²) in [5.74, 6) is 0.433. The molecule has 0 radical (unpaired) electrons. The fourth-order valence-corrected chi connectivity index (χ4v) is 4.12. The average Bonchev–Trinajstić information content (AvgIpc) is 3.02. The van der Waals surface area contributed by atoms with E-state index in [4.69, 9.17) is 0 Å². The van der Waals surface area contributed by atoms with Gasteiger partial charge in [-0.15, -0.1) is 0 Å². The molecule has 23 heavy (non-hydrogen) atoms. The van der Waals surface area contributed by atoms with Gasteiger partial charge in [0.2, 0.25) is 5.91 Å². The van der Waals surface area contributed by atoms with E-state index in [0.717, 1.165) is 35.2 Å². The Kier molecular flexibility index (Phi) is 4.60. The normalized spacial score (nSPS) is 18.6. The number of aliphatic hydroxyl groups is 1. The molecule has 1 aliphatic heterocycles. The third-order valence-corrected chi connectivity index (χ3v) is 5.35. The van der Waals surface area contributed by atoms with E-state index in [2.05, 4.69) is 4.98 Å². The van der Waals surface area contributed by atoms with Crippen LogP contribution in [0.15, 0.2) is 41.6 Å². The molecule has 3 rings (SSSR count). The van der Waals surface area contributed by atoms with Gasteiger partial charge in [-0.05, 0) is 38.1 Å². The number of rotatable bonds is 4. The van der Waals surface area contributed by atoms with E-state index in [1.807, 2.05) is 35.2 Å². The lowest BCUT2D eigenvalue weighted by molar-refractivity contribution is -0.133. The van der Waals surface area contributed by atoms with Crippen LogP contribution in [0.1, 0.15) is 26.7 Å². The molecule has 1 unspecified atom stereocenters. The maximum absolute atomic E-state index is 12.6. The number of hydrogen-bond acceptors (Lipinski definition) is 4. The predicted octanol–water partition coefficient (Wildman–Crippen LogP) is 3.09. The first-order valence-corrected chi connectivity index (χ1v) is 8.94. The molecule has 1 aromatic carbocycles. The maximum atomic E-state index is 12.6. The maximum Gasteiger partial charge on any atom is 0.233 e. The van der Waals surface area contributed by atoms with E-state index in [0.29, 0.717) is 5.75 Å². The van der Waals surface area contributed by atoms with Crippen molar-refractivity contribution < 1.29 is 9.90 Å². The summed E-state index contributed by atoms with van der Waals surface area (Å²) < 4.78 is 0. The van der Waals surface area contributed by atoms with Gasteiger partial charge in [0.1, 0.15) is 5.03 Å². The van der Waals surface area contributed by atoms with Gasteiger partial charge in [0.05, 0.1) is 17.4 Å². The lowest BCUT2D eigenvalue weighted by Gasteiger charge is -2.33. The highest BCUT2D eigenvalue weighted by Crippen LogP contribution is 2.29. The zero-order valence-corrected chi connectivity index (χ0v) is 14.3. The van der Waals surface area contributed by atoms with Gasteiger partial charge in [-0.2, -0.15) is 0 Å². The standard InChI is InChI=1S/C18H22N2O2S/c1-18(2,22)15-8-5-11-20(15)16(21)12-23-17-14-7-4-3-6-13(14)9-10-19-17/h3-4,6-7,9-10,15,22H,5,8,11-12H2,1-2H3. The minimum absolute atomic E-state index is 0.0781. The van der Waals surface area contributed by atoms with Crippen molar-refractivity contribution in [1.29, 1.82) is 0 Å². The molecule has 1 fully saturated rings. The number of benzene rings is 1. The van der Waals surface area contributed by atoms with Gasteiger partial charge in [-0.25, -0.2) is 4.98 Å². The summed E-state index contributed by atoms with van der Waals surface area (Å²) >= 11 is 1.47. The third kappa shape index (κ3) is 3.51. The molecule has 1 aromatic heterocycles. The second-order valence-electron chi connectivity index (χ2n) is 6.52. The largest absolute Gasteiger partial charge is 0.388 e. The van der Waals surface area contributed by atoms with Crippen LogP contribution >= 0.6 is 11.8 Å². The third-order valence-electron chi connectivity index (χ3n) is 4.36. The summed E-state index contributed by atoms with van der Waals surface area (Å²) in [7, 11) is 0. The first-order valence-electron chi connectivity index (χ1n) is 7.95. The molecule has 2 heterocycles. The SMILES string of the molecule is CC(C)(O)C1CCCN1C(=O)CSc1nccc2ccccc12. The molecule has 5 heteroatoms. The van der Waals surface area contributed by atoms with Crippen molar-refractivity contribution in [3.63, 3.8) is 0 Å². The summed E-state index contributed by atoms with van der Waals surface area (Å²) in [5, 5.41) is 13.3. The zero-order chi connectivity index (χ0) is 16.4. The highest BCUT2D eigenvalue weighted by molar-refractivity contribution is 8.00. The predicted molar refractivity (Wildman–Crippen MR) is 93.5 cm³/mol. The summed E-state index contributed by atoms with van der Waals surface area (Å²) in [6.07, 6.45) is 3.61. The Labute approximate surface area is 140 Å². The van der Waals surface area contributed by atoms with Crippen LogP contribution in [0.2, 0.25) is 0 Å². The second-order valence-corrected chi connectivity index (χ2v) is 7.49. The van der Waals surface area contributed by atoms with Gasteiger partial charge >= 0.3 is 0 Å². The summed E-state index contributed by atoms with van der Waals surface area (Å²) in [4.78, 5) is 18.8. The van der Waals surface area contributed by atoms with Crippen molar-refractivity contribution in [3.8, 4) is 0 Å². The van der Waals surface area contributed by atoms with Gasteiger partial charge in [0, 0.05) is 18.1 Å². The molecule has 1 atom stereocenters. The number of nitrogens with zero attached hydrogens (tertiary/aromatic N) is 2. The molecule has 0 aliphatic carbocycles. The highest BCUT2D eigenvalue weighted by Gasteiger charge is 2.38. The average molecular weight is 330 g/mol. The molecule has 1 amide bonds. The van der Waals surface area contributed by atoms with Gasteiger partial charge < -0.3 is 10.0 Å². The Morgan fingerprint density at radius 3 is 2.96 bits per heavy atom. The highest BCUT2D eigenvalue weighted by atomic mass is 32.2. The van der Waals surface area contributed by atoms with Gasteiger partial charge in [-0.1, -0.05) is 36.0 Å². The van der Waals surface area contributed by atoms with E-state index in [-0.39, 0.29) is 11.9 Å². The number of pyridine rings is 1. The Morgan fingerprint density at radius 1 is 1.39 bits per heavy atom. The number of aromatic nitrogens is 1. The van der Waals surface area contributed by atoms with E-state index in [1.165, 1.54) is 11.8 Å². The molecule has 2 aromatic rings. The quantitative estimate of drug-likeness (QED) is 0.875. The molecule has 0 bridgehead atoms. The zero-order valence-electron chi connectivity index (χ0n) is 13.5. The van der Waals surface area contributed by atoms with Crippen LogP contribution in [-0.2, 0) is 4.79 Å². The van der Waals surface area contributed by atoms with E-state index < -0.39 is 5.60 Å².